The fraction of sp³-hybridized carbons (Fsp3) is 0.316. The monoisotopic (exact) mass is 423 g/mol. The normalized spacial score (nSPS) is 15.9. The number of likely N-dealkylation sites (N-methyl/N-ethyl adjacent to an activating group) is 1. The third-order valence-electron chi connectivity index (χ3n) is 4.69. The van der Waals surface area contributed by atoms with Gasteiger partial charge in [0.25, 0.3) is 10.0 Å². The Morgan fingerprint density at radius 2 is 1.79 bits per heavy atom. The number of hydrogen-bond donors (Lipinski definition) is 2. The number of carbonyl (C=O) groups is 1. The average Bonchev–Trinajstić information content (AvgIpc) is 2.86. The van der Waals surface area contributed by atoms with Crippen molar-refractivity contribution in [1.29, 1.82) is 0 Å². The number of hydrogen-bond acceptors (Lipinski definition) is 5. The Balaban J connectivity index is 1.89. The molecule has 1 fully saturated rings. The molecule has 0 unspecified atom stereocenters. The summed E-state index contributed by atoms with van der Waals surface area (Å²) in [5.41, 5.74) is 0.702. The fourth-order valence-corrected chi connectivity index (χ4v) is 4.32. The van der Waals surface area contributed by atoms with E-state index in [4.69, 9.17) is 11.6 Å². The highest BCUT2D eigenvalue weighted by molar-refractivity contribution is 7.92. The SMILES string of the molecule is CN1CCCN(c2ccc(NS(=O)(=O)c3ccc(Cl)cc3)c(C(=O)O)c2)CC1. The summed E-state index contributed by atoms with van der Waals surface area (Å²) in [6.07, 6.45) is 0.976. The first-order chi connectivity index (χ1) is 13.3. The molecule has 3 rings (SSSR count). The number of aromatic carboxylic acids is 1. The average molecular weight is 424 g/mol. The first-order valence-electron chi connectivity index (χ1n) is 8.85. The van der Waals surface area contributed by atoms with Crippen molar-refractivity contribution in [3.8, 4) is 0 Å². The second-order valence-corrected chi connectivity index (χ2v) is 8.86. The molecule has 7 nitrogen and oxygen atoms in total. The maximum Gasteiger partial charge on any atom is 0.337 e. The van der Waals surface area contributed by atoms with E-state index in [2.05, 4.69) is 21.6 Å². The van der Waals surface area contributed by atoms with Gasteiger partial charge >= 0.3 is 5.97 Å². The maximum absolute atomic E-state index is 12.6. The minimum Gasteiger partial charge on any atom is -0.478 e. The van der Waals surface area contributed by atoms with Crippen LogP contribution in [0.3, 0.4) is 0 Å². The lowest BCUT2D eigenvalue weighted by Gasteiger charge is -2.24. The predicted octanol–water partition coefficient (Wildman–Crippen LogP) is 2.98. The van der Waals surface area contributed by atoms with Gasteiger partial charge in [-0.05, 0) is 62.5 Å². The van der Waals surface area contributed by atoms with Gasteiger partial charge in [0, 0.05) is 30.3 Å². The van der Waals surface area contributed by atoms with Crippen LogP contribution < -0.4 is 9.62 Å². The van der Waals surface area contributed by atoms with Gasteiger partial charge in [0.05, 0.1) is 16.1 Å². The van der Waals surface area contributed by atoms with E-state index in [1.54, 1.807) is 6.07 Å². The zero-order valence-corrected chi connectivity index (χ0v) is 17.0. The summed E-state index contributed by atoms with van der Waals surface area (Å²) in [6.45, 7) is 3.47. The van der Waals surface area contributed by atoms with Crippen molar-refractivity contribution in [1.82, 2.24) is 4.90 Å². The maximum atomic E-state index is 12.6. The Kier molecular flexibility index (Phi) is 6.12. The van der Waals surface area contributed by atoms with Gasteiger partial charge in [-0.2, -0.15) is 0 Å². The van der Waals surface area contributed by atoms with Crippen LogP contribution in [-0.2, 0) is 10.0 Å². The Hall–Kier alpha value is -2.29. The van der Waals surface area contributed by atoms with Gasteiger partial charge in [-0.1, -0.05) is 11.6 Å². The third-order valence-corrected chi connectivity index (χ3v) is 6.32. The molecule has 2 N–H and O–H groups in total. The van der Waals surface area contributed by atoms with Gasteiger partial charge in [0.2, 0.25) is 0 Å². The van der Waals surface area contributed by atoms with Gasteiger partial charge in [-0.3, -0.25) is 4.72 Å². The van der Waals surface area contributed by atoms with Crippen LogP contribution in [0, 0.1) is 0 Å². The highest BCUT2D eigenvalue weighted by Gasteiger charge is 2.21. The van der Waals surface area contributed by atoms with E-state index in [1.165, 1.54) is 36.4 Å². The molecule has 0 saturated carbocycles. The van der Waals surface area contributed by atoms with Crippen LogP contribution in [-0.4, -0.2) is 57.6 Å². The van der Waals surface area contributed by atoms with Gasteiger partial charge in [-0.25, -0.2) is 13.2 Å². The Bertz CT molecular complexity index is 964. The smallest absolute Gasteiger partial charge is 0.337 e. The van der Waals surface area contributed by atoms with Crippen LogP contribution in [0.15, 0.2) is 47.4 Å². The molecule has 1 aliphatic heterocycles. The van der Waals surface area contributed by atoms with Gasteiger partial charge in [0.1, 0.15) is 0 Å². The summed E-state index contributed by atoms with van der Waals surface area (Å²) >= 11 is 5.80. The largest absolute Gasteiger partial charge is 0.478 e. The number of nitrogens with zero attached hydrogens (tertiary/aromatic N) is 2. The minimum atomic E-state index is -3.93. The van der Waals surface area contributed by atoms with Crippen LogP contribution in [0.25, 0.3) is 0 Å². The summed E-state index contributed by atoms with van der Waals surface area (Å²) in [7, 11) is -1.87. The van der Waals surface area contributed by atoms with Crippen molar-refractivity contribution >= 4 is 39.0 Å². The van der Waals surface area contributed by atoms with Crippen molar-refractivity contribution in [3.63, 3.8) is 0 Å². The molecular weight excluding hydrogens is 402 g/mol. The van der Waals surface area contributed by atoms with E-state index in [9.17, 15) is 18.3 Å². The molecular formula is C19H22ClN3O4S. The van der Waals surface area contributed by atoms with E-state index in [0.717, 1.165) is 38.3 Å². The molecule has 9 heteroatoms. The van der Waals surface area contributed by atoms with Crippen LogP contribution in [0.2, 0.25) is 5.02 Å². The Morgan fingerprint density at radius 1 is 1.07 bits per heavy atom. The summed E-state index contributed by atoms with van der Waals surface area (Å²) in [5.74, 6) is -1.19. The number of benzene rings is 2. The summed E-state index contributed by atoms with van der Waals surface area (Å²) < 4.78 is 27.6. The standard InChI is InChI=1S/C19H22ClN3O4S/c1-22-9-2-10-23(12-11-22)15-5-8-18(17(13-15)19(24)25)21-28(26,27)16-6-3-14(20)4-7-16/h3-8,13,21H,2,9-12H2,1H3,(H,24,25). The predicted molar refractivity (Wildman–Crippen MR) is 110 cm³/mol. The van der Waals surface area contributed by atoms with Crippen molar-refractivity contribution in [2.75, 3.05) is 42.8 Å². The molecule has 0 aromatic heterocycles. The van der Waals surface area contributed by atoms with Crippen molar-refractivity contribution in [3.05, 3.63) is 53.1 Å². The molecule has 2 aromatic carbocycles. The highest BCUT2D eigenvalue weighted by Crippen LogP contribution is 2.27. The second-order valence-electron chi connectivity index (χ2n) is 6.74. The number of carboxylic acid groups (broad SMARTS) is 1. The molecule has 2 aromatic rings. The van der Waals surface area contributed by atoms with Crippen LogP contribution in [0.4, 0.5) is 11.4 Å². The lowest BCUT2D eigenvalue weighted by atomic mass is 10.1. The van der Waals surface area contributed by atoms with Crippen LogP contribution >= 0.6 is 11.6 Å². The molecule has 1 saturated heterocycles. The zero-order valence-electron chi connectivity index (χ0n) is 15.4. The molecule has 0 atom stereocenters. The first kappa shape index (κ1) is 20.4. The lowest BCUT2D eigenvalue weighted by molar-refractivity contribution is 0.0698. The molecule has 0 bridgehead atoms. The highest BCUT2D eigenvalue weighted by atomic mass is 35.5. The summed E-state index contributed by atoms with van der Waals surface area (Å²) in [4.78, 5) is 16.1. The van der Waals surface area contributed by atoms with Crippen LogP contribution in [0.1, 0.15) is 16.8 Å². The summed E-state index contributed by atoms with van der Waals surface area (Å²) in [6, 6.07) is 10.4. The summed E-state index contributed by atoms with van der Waals surface area (Å²) in [5, 5.41) is 10.0. The zero-order chi connectivity index (χ0) is 20.3. The first-order valence-corrected chi connectivity index (χ1v) is 10.7. The van der Waals surface area contributed by atoms with E-state index in [-0.39, 0.29) is 16.1 Å². The number of rotatable bonds is 5. The van der Waals surface area contributed by atoms with Crippen LogP contribution in [0.5, 0.6) is 0 Å². The number of nitrogens with one attached hydrogen (secondary N) is 1. The minimum absolute atomic E-state index is 0.00729. The third kappa shape index (κ3) is 4.76. The molecule has 150 valence electrons. The molecule has 0 spiro atoms. The quantitative estimate of drug-likeness (QED) is 0.768. The van der Waals surface area contributed by atoms with E-state index >= 15 is 0 Å². The van der Waals surface area contributed by atoms with E-state index in [0.29, 0.717) is 5.02 Å². The molecule has 0 aliphatic carbocycles. The number of sulfonamides is 1. The van der Waals surface area contributed by atoms with Crippen molar-refractivity contribution in [2.24, 2.45) is 0 Å². The van der Waals surface area contributed by atoms with E-state index < -0.39 is 16.0 Å². The molecule has 1 heterocycles. The second kappa shape index (κ2) is 8.38. The molecule has 28 heavy (non-hydrogen) atoms. The Labute approximate surface area is 169 Å². The molecule has 0 amide bonds. The van der Waals surface area contributed by atoms with Crippen molar-refractivity contribution in [2.45, 2.75) is 11.3 Å². The number of halogens is 1. The van der Waals surface area contributed by atoms with Crippen molar-refractivity contribution < 1.29 is 18.3 Å². The number of carboxylic acids is 1. The van der Waals surface area contributed by atoms with Gasteiger partial charge in [-0.15, -0.1) is 0 Å². The lowest BCUT2D eigenvalue weighted by Crippen LogP contribution is -2.29. The molecule has 1 aliphatic rings. The van der Waals surface area contributed by atoms with Gasteiger partial charge < -0.3 is 14.9 Å². The fourth-order valence-electron chi connectivity index (χ4n) is 3.12. The molecule has 0 radical (unpaired) electrons. The number of anilines is 2. The Morgan fingerprint density at radius 3 is 2.46 bits per heavy atom. The van der Waals surface area contributed by atoms with Gasteiger partial charge in [0.15, 0.2) is 0 Å². The topological polar surface area (TPSA) is 90.0 Å². The van der Waals surface area contributed by atoms with E-state index in [1.807, 2.05) is 0 Å².